The van der Waals surface area contributed by atoms with Gasteiger partial charge in [-0.15, -0.1) is 0 Å². The summed E-state index contributed by atoms with van der Waals surface area (Å²) in [5.41, 5.74) is 1.45. The minimum absolute atomic E-state index is 0.111. The zero-order valence-corrected chi connectivity index (χ0v) is 13.1. The summed E-state index contributed by atoms with van der Waals surface area (Å²) in [7, 11) is -0.355. The van der Waals surface area contributed by atoms with Gasteiger partial charge in [0.05, 0.1) is 17.2 Å². The standard InChI is InChI=1S/C16H22BNO3/c1-15(2)16(3,4)21-17(20-15)12-7-5-6-11(10-12)13-8-9-14(19)18-13/h5-7,10,13H,8-9H2,1-4H3,(H,18,19). The zero-order chi connectivity index (χ0) is 15.3. The first-order valence-corrected chi connectivity index (χ1v) is 7.53. The molecule has 0 aliphatic carbocycles. The molecule has 112 valence electrons. The molecule has 0 radical (unpaired) electrons. The summed E-state index contributed by atoms with van der Waals surface area (Å²) in [5.74, 6) is 0.126. The molecule has 5 heteroatoms. The van der Waals surface area contributed by atoms with Crippen LogP contribution in [0.15, 0.2) is 24.3 Å². The van der Waals surface area contributed by atoms with Gasteiger partial charge in [-0.1, -0.05) is 24.3 Å². The Labute approximate surface area is 126 Å². The maximum atomic E-state index is 11.4. The fraction of sp³-hybridized carbons (Fsp3) is 0.562. The summed E-state index contributed by atoms with van der Waals surface area (Å²) in [6, 6.07) is 8.26. The molecule has 2 saturated heterocycles. The van der Waals surface area contributed by atoms with Gasteiger partial charge in [-0.3, -0.25) is 4.79 Å². The summed E-state index contributed by atoms with van der Waals surface area (Å²) in [4.78, 5) is 11.4. The van der Waals surface area contributed by atoms with Crippen molar-refractivity contribution in [3.63, 3.8) is 0 Å². The van der Waals surface area contributed by atoms with Gasteiger partial charge >= 0.3 is 7.12 Å². The topological polar surface area (TPSA) is 47.6 Å². The van der Waals surface area contributed by atoms with Crippen molar-refractivity contribution < 1.29 is 14.1 Å². The Morgan fingerprint density at radius 2 is 1.86 bits per heavy atom. The third-order valence-electron chi connectivity index (χ3n) is 4.83. The highest BCUT2D eigenvalue weighted by Gasteiger charge is 2.51. The van der Waals surface area contributed by atoms with E-state index in [2.05, 4.69) is 11.4 Å². The van der Waals surface area contributed by atoms with Gasteiger partial charge in [-0.05, 0) is 45.1 Å². The first-order valence-electron chi connectivity index (χ1n) is 7.53. The molecule has 1 unspecified atom stereocenters. The van der Waals surface area contributed by atoms with Crippen molar-refractivity contribution in [2.24, 2.45) is 0 Å². The molecule has 2 aliphatic rings. The lowest BCUT2D eigenvalue weighted by Gasteiger charge is -2.32. The second-order valence-electron chi connectivity index (χ2n) is 6.92. The molecule has 21 heavy (non-hydrogen) atoms. The highest BCUT2D eigenvalue weighted by molar-refractivity contribution is 6.62. The first kappa shape index (κ1) is 14.6. The van der Waals surface area contributed by atoms with E-state index in [1.165, 1.54) is 0 Å². The van der Waals surface area contributed by atoms with Crippen molar-refractivity contribution in [1.82, 2.24) is 5.32 Å². The minimum atomic E-state index is -0.355. The van der Waals surface area contributed by atoms with Crippen LogP contribution in [0.3, 0.4) is 0 Å². The van der Waals surface area contributed by atoms with E-state index in [1.807, 2.05) is 45.9 Å². The quantitative estimate of drug-likeness (QED) is 0.846. The average molecular weight is 287 g/mol. The largest absolute Gasteiger partial charge is 0.494 e. The van der Waals surface area contributed by atoms with Gasteiger partial charge in [0.25, 0.3) is 0 Å². The predicted molar refractivity (Wildman–Crippen MR) is 82.3 cm³/mol. The van der Waals surface area contributed by atoms with E-state index in [4.69, 9.17) is 9.31 Å². The number of rotatable bonds is 2. The van der Waals surface area contributed by atoms with Crippen LogP contribution in [-0.2, 0) is 14.1 Å². The molecular weight excluding hydrogens is 265 g/mol. The fourth-order valence-corrected chi connectivity index (χ4v) is 2.77. The highest BCUT2D eigenvalue weighted by atomic mass is 16.7. The Morgan fingerprint density at radius 1 is 1.19 bits per heavy atom. The van der Waals surface area contributed by atoms with E-state index in [9.17, 15) is 4.79 Å². The van der Waals surface area contributed by atoms with Gasteiger partial charge in [0.15, 0.2) is 0 Å². The van der Waals surface area contributed by atoms with Crippen molar-refractivity contribution in [2.45, 2.75) is 57.8 Å². The second kappa shape index (κ2) is 4.85. The molecular formula is C16H22BNO3. The van der Waals surface area contributed by atoms with Gasteiger partial charge < -0.3 is 14.6 Å². The van der Waals surface area contributed by atoms with Crippen LogP contribution < -0.4 is 10.8 Å². The minimum Gasteiger partial charge on any atom is -0.399 e. The third-order valence-corrected chi connectivity index (χ3v) is 4.83. The lowest BCUT2D eigenvalue weighted by molar-refractivity contribution is -0.119. The molecule has 1 amide bonds. The van der Waals surface area contributed by atoms with Crippen LogP contribution in [0.2, 0.25) is 0 Å². The molecule has 4 nitrogen and oxygen atoms in total. The molecule has 3 rings (SSSR count). The van der Waals surface area contributed by atoms with Crippen LogP contribution in [0.5, 0.6) is 0 Å². The van der Waals surface area contributed by atoms with Crippen molar-refractivity contribution in [2.75, 3.05) is 0 Å². The Balaban J connectivity index is 1.83. The van der Waals surface area contributed by atoms with E-state index < -0.39 is 0 Å². The van der Waals surface area contributed by atoms with Crippen LogP contribution in [0.25, 0.3) is 0 Å². The summed E-state index contributed by atoms with van der Waals surface area (Å²) < 4.78 is 12.2. The van der Waals surface area contributed by atoms with Gasteiger partial charge in [-0.2, -0.15) is 0 Å². The molecule has 1 N–H and O–H groups in total. The van der Waals surface area contributed by atoms with E-state index in [0.29, 0.717) is 6.42 Å². The number of benzene rings is 1. The monoisotopic (exact) mass is 287 g/mol. The van der Waals surface area contributed by atoms with E-state index in [1.54, 1.807) is 0 Å². The van der Waals surface area contributed by atoms with E-state index in [-0.39, 0.29) is 30.3 Å². The summed E-state index contributed by atoms with van der Waals surface area (Å²) in [6.07, 6.45) is 1.46. The predicted octanol–water partition coefficient (Wildman–Crippen LogP) is 1.94. The van der Waals surface area contributed by atoms with Crippen LogP contribution in [0.4, 0.5) is 0 Å². The number of nitrogens with one attached hydrogen (secondary N) is 1. The van der Waals surface area contributed by atoms with E-state index in [0.717, 1.165) is 17.4 Å². The molecule has 1 atom stereocenters. The van der Waals surface area contributed by atoms with Gasteiger partial charge in [0, 0.05) is 6.42 Å². The lowest BCUT2D eigenvalue weighted by Crippen LogP contribution is -2.41. The molecule has 1 aromatic rings. The van der Waals surface area contributed by atoms with Gasteiger partial charge in [-0.25, -0.2) is 0 Å². The average Bonchev–Trinajstić information content (AvgIpc) is 2.92. The zero-order valence-electron chi connectivity index (χ0n) is 13.1. The summed E-state index contributed by atoms with van der Waals surface area (Å²) in [6.45, 7) is 8.20. The van der Waals surface area contributed by atoms with E-state index >= 15 is 0 Å². The van der Waals surface area contributed by atoms with Gasteiger partial charge in [0.2, 0.25) is 5.91 Å². The van der Waals surface area contributed by atoms with Crippen LogP contribution in [0.1, 0.15) is 52.1 Å². The Hall–Kier alpha value is -1.33. The van der Waals surface area contributed by atoms with Crippen molar-refractivity contribution in [3.05, 3.63) is 29.8 Å². The smallest absolute Gasteiger partial charge is 0.399 e. The first-order chi connectivity index (χ1) is 9.78. The Kier molecular flexibility index (Phi) is 3.37. The van der Waals surface area contributed by atoms with Crippen LogP contribution in [-0.4, -0.2) is 24.2 Å². The number of carbonyl (C=O) groups is 1. The molecule has 0 saturated carbocycles. The molecule has 1 aromatic carbocycles. The van der Waals surface area contributed by atoms with Crippen LogP contribution in [0, 0.1) is 0 Å². The summed E-state index contributed by atoms with van der Waals surface area (Å²) >= 11 is 0. The van der Waals surface area contributed by atoms with Crippen LogP contribution >= 0.6 is 0 Å². The van der Waals surface area contributed by atoms with Gasteiger partial charge in [0.1, 0.15) is 0 Å². The lowest BCUT2D eigenvalue weighted by atomic mass is 9.78. The van der Waals surface area contributed by atoms with Crippen molar-refractivity contribution >= 4 is 18.5 Å². The fourth-order valence-electron chi connectivity index (χ4n) is 2.77. The number of amides is 1. The molecule has 0 spiro atoms. The molecule has 0 aromatic heterocycles. The maximum Gasteiger partial charge on any atom is 0.494 e. The van der Waals surface area contributed by atoms with Crippen molar-refractivity contribution in [1.29, 1.82) is 0 Å². The van der Waals surface area contributed by atoms with Crippen molar-refractivity contribution in [3.8, 4) is 0 Å². The number of hydrogen-bond acceptors (Lipinski definition) is 3. The molecule has 2 fully saturated rings. The Morgan fingerprint density at radius 3 is 2.43 bits per heavy atom. The Bertz CT molecular complexity index is 554. The summed E-state index contributed by atoms with van der Waals surface area (Å²) in [5, 5.41) is 3.00. The molecule has 2 heterocycles. The molecule has 0 bridgehead atoms. The SMILES string of the molecule is CC1(C)OB(c2cccc(C3CCC(=O)N3)c2)OC1(C)C. The maximum absolute atomic E-state index is 11.4. The highest BCUT2D eigenvalue weighted by Crippen LogP contribution is 2.36. The number of carbonyl (C=O) groups excluding carboxylic acids is 1. The molecule has 2 aliphatic heterocycles. The normalized spacial score (nSPS) is 27.0. The third kappa shape index (κ3) is 2.60. The second-order valence-corrected chi connectivity index (χ2v) is 6.92. The number of hydrogen-bond donors (Lipinski definition) is 1.